The fourth-order valence-electron chi connectivity index (χ4n) is 2.69. The second-order valence-corrected chi connectivity index (χ2v) is 6.66. The van der Waals surface area contributed by atoms with E-state index in [9.17, 15) is 0 Å². The maximum Gasteiger partial charge on any atom is 0.134 e. The Hall–Kier alpha value is -2.62. The van der Waals surface area contributed by atoms with Crippen LogP contribution in [-0.4, -0.2) is 11.7 Å². The lowest BCUT2D eigenvalue weighted by Gasteiger charge is -2.17. The zero-order valence-corrected chi connectivity index (χ0v) is 15.4. The summed E-state index contributed by atoms with van der Waals surface area (Å²) in [6.07, 6.45) is 0. The van der Waals surface area contributed by atoms with Gasteiger partial charge in [0.05, 0.1) is 5.92 Å². The van der Waals surface area contributed by atoms with Gasteiger partial charge in [-0.25, -0.2) is 4.99 Å². The summed E-state index contributed by atoms with van der Waals surface area (Å²) in [5, 5.41) is 9.86. The van der Waals surface area contributed by atoms with Crippen molar-refractivity contribution < 1.29 is 0 Å². The fourth-order valence-corrected chi connectivity index (χ4v) is 2.94. The Morgan fingerprint density at radius 2 is 1.23 bits per heavy atom. The second-order valence-electron chi connectivity index (χ2n) is 5.78. The molecule has 26 heavy (non-hydrogen) atoms. The zero-order chi connectivity index (χ0) is 18.5. The second kappa shape index (κ2) is 8.17. The molecule has 0 bridgehead atoms. The molecule has 130 valence electrons. The molecule has 0 unspecified atom stereocenters. The molecule has 0 amide bonds. The topological polar surface area (TPSA) is 62.2 Å². The molecule has 0 saturated heterocycles. The van der Waals surface area contributed by atoms with Crippen molar-refractivity contribution in [1.29, 1.82) is 5.41 Å². The third kappa shape index (κ3) is 4.31. The molecule has 0 radical (unpaired) electrons. The maximum atomic E-state index is 8.57. The summed E-state index contributed by atoms with van der Waals surface area (Å²) in [7, 11) is 0. The summed E-state index contributed by atoms with van der Waals surface area (Å²) < 4.78 is 0. The number of halogens is 2. The van der Waals surface area contributed by atoms with Crippen molar-refractivity contribution in [3.63, 3.8) is 0 Å². The predicted octanol–water partition coefficient (Wildman–Crippen LogP) is 5.51. The van der Waals surface area contributed by atoms with Crippen LogP contribution in [0.4, 0.5) is 0 Å². The minimum absolute atomic E-state index is 0.149. The number of aliphatic imine (C=N–C) groups is 1. The van der Waals surface area contributed by atoms with Crippen LogP contribution in [0.25, 0.3) is 0 Å². The average molecular weight is 382 g/mol. The first kappa shape index (κ1) is 18.2. The summed E-state index contributed by atoms with van der Waals surface area (Å²) in [6, 6.07) is 24.2. The monoisotopic (exact) mass is 381 g/mol. The molecule has 3 N–H and O–H groups in total. The molecule has 0 atom stereocenters. The van der Waals surface area contributed by atoms with E-state index in [4.69, 9.17) is 34.3 Å². The third-order valence-corrected chi connectivity index (χ3v) is 4.49. The van der Waals surface area contributed by atoms with E-state index >= 15 is 0 Å². The smallest absolute Gasteiger partial charge is 0.134 e. The van der Waals surface area contributed by atoms with Crippen molar-refractivity contribution in [3.8, 4) is 0 Å². The largest absolute Gasteiger partial charge is 0.383 e. The minimum atomic E-state index is -0.369. The lowest BCUT2D eigenvalue weighted by atomic mass is 9.90. The van der Waals surface area contributed by atoms with Gasteiger partial charge in [-0.2, -0.15) is 0 Å². The molecule has 0 heterocycles. The van der Waals surface area contributed by atoms with Gasteiger partial charge in [0.1, 0.15) is 11.7 Å². The summed E-state index contributed by atoms with van der Waals surface area (Å²) in [6.45, 7) is 0. The molecule has 0 saturated carbocycles. The molecule has 0 aliphatic rings. The van der Waals surface area contributed by atoms with Crippen LogP contribution < -0.4 is 5.73 Å². The van der Waals surface area contributed by atoms with Crippen molar-refractivity contribution in [3.05, 3.63) is 106 Å². The highest BCUT2D eigenvalue weighted by Gasteiger charge is 2.20. The molecule has 3 rings (SSSR count). The Balaban J connectivity index is 2.01. The van der Waals surface area contributed by atoms with E-state index in [1.807, 2.05) is 54.6 Å². The van der Waals surface area contributed by atoms with Crippen LogP contribution in [-0.2, 0) is 0 Å². The number of hydrogen-bond donors (Lipinski definition) is 2. The van der Waals surface area contributed by atoms with Crippen molar-refractivity contribution in [2.24, 2.45) is 10.7 Å². The van der Waals surface area contributed by atoms with E-state index in [0.29, 0.717) is 15.9 Å². The van der Waals surface area contributed by atoms with Crippen molar-refractivity contribution >= 4 is 34.9 Å². The Kier molecular flexibility index (Phi) is 5.71. The predicted molar refractivity (Wildman–Crippen MR) is 110 cm³/mol. The van der Waals surface area contributed by atoms with Gasteiger partial charge in [0.15, 0.2) is 0 Å². The van der Waals surface area contributed by atoms with E-state index in [0.717, 1.165) is 16.7 Å². The molecular formula is C21H17Cl2N3. The number of nitrogens with one attached hydrogen (secondary N) is 1. The van der Waals surface area contributed by atoms with Gasteiger partial charge >= 0.3 is 0 Å². The normalized spacial score (nSPS) is 11.6. The van der Waals surface area contributed by atoms with Crippen LogP contribution in [0.1, 0.15) is 22.6 Å². The number of nitrogens with zero attached hydrogens (tertiary/aromatic N) is 1. The fraction of sp³-hybridized carbons (Fsp3) is 0.0476. The van der Waals surface area contributed by atoms with Gasteiger partial charge in [-0.3, -0.25) is 5.41 Å². The number of amidine groups is 2. The SMILES string of the molecule is N=C(N=C(N)c1ccccc1)C(c1ccc(Cl)cc1)c1ccc(Cl)cc1. The van der Waals surface area contributed by atoms with Gasteiger partial charge in [0.25, 0.3) is 0 Å². The highest BCUT2D eigenvalue weighted by atomic mass is 35.5. The highest BCUT2D eigenvalue weighted by Crippen LogP contribution is 2.28. The van der Waals surface area contributed by atoms with Crippen LogP contribution in [0.2, 0.25) is 10.0 Å². The van der Waals surface area contributed by atoms with Gasteiger partial charge < -0.3 is 5.73 Å². The first-order chi connectivity index (χ1) is 12.5. The number of nitrogens with two attached hydrogens (primary N) is 1. The maximum absolute atomic E-state index is 8.57. The van der Waals surface area contributed by atoms with E-state index in [-0.39, 0.29) is 11.8 Å². The van der Waals surface area contributed by atoms with Crippen molar-refractivity contribution in [2.75, 3.05) is 0 Å². The van der Waals surface area contributed by atoms with Gasteiger partial charge in [0.2, 0.25) is 0 Å². The molecule has 0 aliphatic heterocycles. The third-order valence-electron chi connectivity index (χ3n) is 3.99. The minimum Gasteiger partial charge on any atom is -0.383 e. The van der Waals surface area contributed by atoms with Crippen molar-refractivity contribution in [2.45, 2.75) is 5.92 Å². The van der Waals surface area contributed by atoms with Crippen LogP contribution in [0.15, 0.2) is 83.9 Å². The van der Waals surface area contributed by atoms with E-state index in [2.05, 4.69) is 4.99 Å². The summed E-state index contributed by atoms with van der Waals surface area (Å²) in [4.78, 5) is 4.36. The molecule has 3 nitrogen and oxygen atoms in total. The zero-order valence-electron chi connectivity index (χ0n) is 13.9. The highest BCUT2D eigenvalue weighted by molar-refractivity contribution is 6.30. The van der Waals surface area contributed by atoms with Crippen LogP contribution >= 0.6 is 23.2 Å². The standard InChI is InChI=1S/C21H17Cl2N3/c22-17-10-6-14(7-11-17)19(15-8-12-18(23)13-9-15)21(25)26-20(24)16-4-2-1-3-5-16/h1-13,19H,(H3,24,25,26). The number of rotatable bonds is 4. The van der Waals surface area contributed by atoms with Crippen LogP contribution in [0, 0.1) is 5.41 Å². The molecule has 0 aromatic heterocycles. The van der Waals surface area contributed by atoms with Gasteiger partial charge in [0, 0.05) is 15.6 Å². The molecule has 0 aliphatic carbocycles. The van der Waals surface area contributed by atoms with E-state index < -0.39 is 0 Å². The Bertz CT molecular complexity index is 872. The Labute approximate surface area is 162 Å². The van der Waals surface area contributed by atoms with E-state index in [1.165, 1.54) is 0 Å². The van der Waals surface area contributed by atoms with Gasteiger partial charge in [-0.15, -0.1) is 0 Å². The lowest BCUT2D eigenvalue weighted by molar-refractivity contribution is 1.04. The van der Waals surface area contributed by atoms with Crippen molar-refractivity contribution in [1.82, 2.24) is 0 Å². The molecule has 0 fully saturated rings. The lowest BCUT2D eigenvalue weighted by Crippen LogP contribution is -2.19. The molecule has 3 aromatic rings. The molecule has 5 heteroatoms. The average Bonchev–Trinajstić information content (AvgIpc) is 2.66. The van der Waals surface area contributed by atoms with Crippen LogP contribution in [0.5, 0.6) is 0 Å². The molecule has 3 aromatic carbocycles. The van der Waals surface area contributed by atoms with Gasteiger partial charge in [-0.05, 0) is 35.4 Å². The Morgan fingerprint density at radius 1 is 0.769 bits per heavy atom. The number of benzene rings is 3. The summed E-state index contributed by atoms with van der Waals surface area (Å²) >= 11 is 12.0. The first-order valence-corrected chi connectivity index (χ1v) is 8.79. The van der Waals surface area contributed by atoms with Gasteiger partial charge in [-0.1, -0.05) is 77.8 Å². The van der Waals surface area contributed by atoms with E-state index in [1.54, 1.807) is 24.3 Å². The molecular weight excluding hydrogens is 365 g/mol. The molecule has 0 spiro atoms. The first-order valence-electron chi connectivity index (χ1n) is 8.03. The summed E-state index contributed by atoms with van der Waals surface area (Å²) in [5.41, 5.74) is 8.70. The quantitative estimate of drug-likeness (QED) is 0.454. The Morgan fingerprint density at radius 3 is 1.69 bits per heavy atom. The van der Waals surface area contributed by atoms with Crippen LogP contribution in [0.3, 0.4) is 0 Å². The number of hydrogen-bond acceptors (Lipinski definition) is 1. The summed E-state index contributed by atoms with van der Waals surface area (Å²) in [5.74, 6) is 0.0892.